The van der Waals surface area contributed by atoms with E-state index in [0.29, 0.717) is 15.4 Å². The molecule has 2 aliphatic heterocycles. The molecule has 15 nitrogen and oxygen atoms in total. The largest absolute Gasteiger partial charge is 0.460 e. The molecule has 3 heterocycles. The number of aliphatic hydroxyl groups is 5. The molecule has 4 rings (SSSR count). The maximum atomic E-state index is 12.3. The summed E-state index contributed by atoms with van der Waals surface area (Å²) in [7, 11) is 0. The predicted molar refractivity (Wildman–Crippen MR) is 151 cm³/mol. The molecular formula is C26H33BrClN3O12. The highest BCUT2D eigenvalue weighted by Gasteiger charge is 2.52. The number of nitrogens with zero attached hydrogens (tertiary/aromatic N) is 1. The third-order valence-electron chi connectivity index (χ3n) is 7.17. The van der Waals surface area contributed by atoms with Crippen LogP contribution in [0.5, 0.6) is 5.75 Å². The quantitative estimate of drug-likeness (QED) is 0.177. The molecule has 0 spiro atoms. The normalized spacial score (nSPS) is 32.8. The monoisotopic (exact) mass is 693 g/mol. The van der Waals surface area contributed by atoms with E-state index in [1.165, 1.54) is 24.6 Å². The first-order valence-electron chi connectivity index (χ1n) is 13.2. The van der Waals surface area contributed by atoms with Gasteiger partial charge in [0.05, 0.1) is 35.3 Å². The number of amides is 2. The van der Waals surface area contributed by atoms with Crippen LogP contribution in [-0.4, -0.2) is 122 Å². The van der Waals surface area contributed by atoms with Crippen LogP contribution in [0.15, 0.2) is 22.8 Å². The summed E-state index contributed by atoms with van der Waals surface area (Å²) < 4.78 is 25.4. The maximum Gasteiger partial charge on any atom is 0.228 e. The van der Waals surface area contributed by atoms with Crippen LogP contribution in [0.4, 0.5) is 0 Å². The second-order valence-corrected chi connectivity index (χ2v) is 11.5. The first-order chi connectivity index (χ1) is 20.3. The van der Waals surface area contributed by atoms with E-state index in [-0.39, 0.29) is 16.7 Å². The van der Waals surface area contributed by atoms with Crippen LogP contribution >= 0.6 is 27.5 Å². The van der Waals surface area contributed by atoms with Gasteiger partial charge in [-0.2, -0.15) is 0 Å². The van der Waals surface area contributed by atoms with Crippen molar-refractivity contribution >= 4 is 56.2 Å². The third kappa shape index (κ3) is 6.83. The van der Waals surface area contributed by atoms with Crippen molar-refractivity contribution in [3.63, 3.8) is 0 Å². The van der Waals surface area contributed by atoms with Crippen LogP contribution in [0.3, 0.4) is 0 Å². The number of aromatic nitrogens is 1. The minimum Gasteiger partial charge on any atom is -0.460 e. The van der Waals surface area contributed by atoms with Gasteiger partial charge in [0.15, 0.2) is 12.0 Å². The molecule has 7 N–H and O–H groups in total. The van der Waals surface area contributed by atoms with E-state index >= 15 is 0 Å². The Hall–Kier alpha value is -2.38. The van der Waals surface area contributed by atoms with Crippen LogP contribution in [0, 0.1) is 0 Å². The van der Waals surface area contributed by atoms with Crippen molar-refractivity contribution in [1.82, 2.24) is 15.2 Å². The second kappa shape index (κ2) is 13.7. The lowest BCUT2D eigenvalue weighted by atomic mass is 9.94. The summed E-state index contributed by atoms with van der Waals surface area (Å²) in [5, 5.41) is 57.8. The first-order valence-corrected chi connectivity index (χ1v) is 14.4. The summed E-state index contributed by atoms with van der Waals surface area (Å²) in [4.78, 5) is 36.3. The van der Waals surface area contributed by atoms with Gasteiger partial charge in [0.25, 0.3) is 0 Å². The number of halogens is 2. The van der Waals surface area contributed by atoms with Crippen LogP contribution in [-0.2, 0) is 23.8 Å². The summed E-state index contributed by atoms with van der Waals surface area (Å²) >= 11 is 9.87. The molecule has 2 fully saturated rings. The van der Waals surface area contributed by atoms with E-state index in [1.807, 2.05) is 0 Å². The summed E-state index contributed by atoms with van der Waals surface area (Å²) in [6, 6.07) is 0.604. The molecule has 2 aromatic rings. The fraction of sp³-hybridized carbons (Fsp3) is 0.577. The Morgan fingerprint density at radius 2 is 1.51 bits per heavy atom. The Kier molecular flexibility index (Phi) is 10.7. The number of benzene rings is 1. The molecule has 17 heteroatoms. The molecule has 43 heavy (non-hydrogen) atoms. The molecule has 238 valence electrons. The fourth-order valence-corrected chi connectivity index (χ4v) is 5.75. The predicted octanol–water partition coefficient (Wildman–Crippen LogP) is -0.992. The molecule has 0 bridgehead atoms. The molecule has 4 unspecified atom stereocenters. The van der Waals surface area contributed by atoms with Gasteiger partial charge in [-0.3, -0.25) is 19.0 Å². The fourth-order valence-electron chi connectivity index (χ4n) is 5.17. The van der Waals surface area contributed by atoms with Crippen LogP contribution in [0.2, 0.25) is 5.02 Å². The molecule has 1 aromatic carbocycles. The van der Waals surface area contributed by atoms with Gasteiger partial charge in [0.1, 0.15) is 48.7 Å². The lowest BCUT2D eigenvalue weighted by Gasteiger charge is -2.48. The SMILES string of the molecule is CC(=O)NC1[C@H](O[C@@H]2C(CO)O[C@@H](Oc3cn(C(C)=O)c4ccc(Br)c(Cl)c34)C(NC(C)=O)[C@H]2O)OC(CO)[C@@H](O)[C@@H]1O. The summed E-state index contributed by atoms with van der Waals surface area (Å²) in [5.74, 6) is -1.46. The molecule has 0 aliphatic carbocycles. The molecule has 0 radical (unpaired) electrons. The van der Waals surface area contributed by atoms with Gasteiger partial charge < -0.3 is 55.1 Å². The number of carbonyl (C=O) groups excluding carboxylic acids is 3. The lowest BCUT2D eigenvalue weighted by Crippen LogP contribution is -2.69. The van der Waals surface area contributed by atoms with Crippen molar-refractivity contribution in [2.75, 3.05) is 13.2 Å². The number of hydrogen-bond acceptors (Lipinski definition) is 12. The van der Waals surface area contributed by atoms with Crippen molar-refractivity contribution in [1.29, 1.82) is 0 Å². The molecular weight excluding hydrogens is 662 g/mol. The van der Waals surface area contributed by atoms with Crippen molar-refractivity contribution < 1.29 is 58.9 Å². The van der Waals surface area contributed by atoms with Crippen molar-refractivity contribution in [2.45, 2.75) is 82.1 Å². The van der Waals surface area contributed by atoms with Gasteiger partial charge in [-0.1, -0.05) is 11.6 Å². The minimum atomic E-state index is -1.65. The van der Waals surface area contributed by atoms with E-state index < -0.39 is 86.3 Å². The Labute approximate surface area is 258 Å². The van der Waals surface area contributed by atoms with Gasteiger partial charge in [0.2, 0.25) is 24.0 Å². The average Bonchev–Trinajstić information content (AvgIpc) is 3.32. The Morgan fingerprint density at radius 1 is 0.930 bits per heavy atom. The van der Waals surface area contributed by atoms with Gasteiger partial charge in [-0.25, -0.2) is 0 Å². The number of carbonyl (C=O) groups is 3. The number of ether oxygens (including phenoxy) is 4. The first kappa shape index (κ1) is 33.5. The molecule has 10 atom stereocenters. The van der Waals surface area contributed by atoms with Crippen molar-refractivity contribution in [2.24, 2.45) is 0 Å². The lowest BCUT2D eigenvalue weighted by molar-refractivity contribution is -0.325. The molecule has 0 saturated carbocycles. The highest BCUT2D eigenvalue weighted by atomic mass is 79.9. The zero-order valence-corrected chi connectivity index (χ0v) is 25.6. The summed E-state index contributed by atoms with van der Waals surface area (Å²) in [5.41, 5.74) is 0.417. The van der Waals surface area contributed by atoms with Crippen molar-refractivity contribution in [3.05, 3.63) is 27.8 Å². The van der Waals surface area contributed by atoms with Crippen LogP contribution in [0.1, 0.15) is 25.6 Å². The molecule has 1 aromatic heterocycles. The number of fused-ring (bicyclic) bond motifs is 1. The molecule has 2 saturated heterocycles. The topological polar surface area (TPSA) is 218 Å². The maximum absolute atomic E-state index is 12.3. The zero-order chi connectivity index (χ0) is 31.7. The number of aliphatic hydroxyl groups excluding tert-OH is 5. The highest BCUT2D eigenvalue weighted by Crippen LogP contribution is 2.40. The van der Waals surface area contributed by atoms with Gasteiger partial charge in [-0.15, -0.1) is 0 Å². The van der Waals surface area contributed by atoms with E-state index in [2.05, 4.69) is 26.6 Å². The smallest absolute Gasteiger partial charge is 0.228 e. The second-order valence-electron chi connectivity index (χ2n) is 10.2. The number of rotatable bonds is 8. The zero-order valence-electron chi connectivity index (χ0n) is 23.2. The molecule has 2 aliphatic rings. The van der Waals surface area contributed by atoms with Crippen LogP contribution in [0.25, 0.3) is 10.9 Å². The Balaban J connectivity index is 1.68. The van der Waals surface area contributed by atoms with Crippen molar-refractivity contribution in [3.8, 4) is 5.75 Å². The highest BCUT2D eigenvalue weighted by molar-refractivity contribution is 9.10. The van der Waals surface area contributed by atoms with E-state index in [0.717, 1.165) is 6.92 Å². The molecule has 2 amide bonds. The minimum absolute atomic E-state index is 0.0735. The van der Waals surface area contributed by atoms with Crippen LogP contribution < -0.4 is 15.4 Å². The standard InChI is InChI=1S/C26H33BrClN3O12/c1-9(34)29-19-22(38)21(37)15(7-32)41-26(19)43-24-16(8-33)42-25(20(23(24)39)30-10(2)35)40-14-6-31(11(3)36)13-5-4-12(27)18(28)17(13)14/h4-6,15-16,19-26,32-33,37-39H,7-8H2,1-3H3,(H,29,34)(H,30,35)/t15?,16?,19?,20?,21-,22-,23-,24-,25-,26+/m1/s1. The van der Waals surface area contributed by atoms with Gasteiger partial charge in [0, 0.05) is 25.2 Å². The third-order valence-corrected chi connectivity index (χ3v) is 8.45. The average molecular weight is 695 g/mol. The van der Waals surface area contributed by atoms with Gasteiger partial charge in [-0.05, 0) is 28.1 Å². The number of nitrogens with one attached hydrogen (secondary N) is 2. The van der Waals surface area contributed by atoms with Gasteiger partial charge >= 0.3 is 0 Å². The van der Waals surface area contributed by atoms with E-state index in [1.54, 1.807) is 12.1 Å². The van der Waals surface area contributed by atoms with E-state index in [9.17, 15) is 39.9 Å². The Morgan fingerprint density at radius 3 is 2.07 bits per heavy atom. The summed E-state index contributed by atoms with van der Waals surface area (Å²) in [6.45, 7) is 2.24. The van der Waals surface area contributed by atoms with E-state index in [4.69, 9.17) is 30.5 Å². The Bertz CT molecular complexity index is 1360. The summed E-state index contributed by atoms with van der Waals surface area (Å²) in [6.07, 6.45) is -10.6. The number of hydrogen-bond donors (Lipinski definition) is 7.